The zero-order valence-corrected chi connectivity index (χ0v) is 18.8. The fraction of sp³-hybridized carbons (Fsp3) is 0.381. The van der Waals surface area contributed by atoms with E-state index in [4.69, 9.17) is 11.6 Å². The van der Waals surface area contributed by atoms with Gasteiger partial charge in [-0.2, -0.15) is 0 Å². The molecule has 1 atom stereocenters. The Bertz CT molecular complexity index is 1140. The van der Waals surface area contributed by atoms with E-state index in [0.29, 0.717) is 52.3 Å². The largest absolute Gasteiger partial charge is 0.387 e. The van der Waals surface area contributed by atoms with Gasteiger partial charge in [0.2, 0.25) is 11.9 Å². The maximum Gasteiger partial charge on any atom is 0.241 e. The van der Waals surface area contributed by atoms with Gasteiger partial charge < -0.3 is 26.0 Å². The van der Waals surface area contributed by atoms with E-state index < -0.39 is 6.10 Å². The van der Waals surface area contributed by atoms with Crippen LogP contribution in [0.5, 0.6) is 0 Å². The van der Waals surface area contributed by atoms with Gasteiger partial charge in [-0.15, -0.1) is 0 Å². The maximum absolute atomic E-state index is 12.1. The Morgan fingerprint density at radius 1 is 1.19 bits per heavy atom. The van der Waals surface area contributed by atoms with E-state index in [1.807, 2.05) is 19.9 Å². The van der Waals surface area contributed by atoms with E-state index in [9.17, 15) is 9.90 Å². The molecule has 0 aliphatic carbocycles. The van der Waals surface area contributed by atoms with Crippen molar-refractivity contribution in [2.24, 2.45) is 0 Å². The Balaban J connectivity index is 1.63. The summed E-state index contributed by atoms with van der Waals surface area (Å²) in [6.07, 6.45) is 2.41. The molecule has 4 heterocycles. The monoisotopic (exact) mass is 456 g/mol. The van der Waals surface area contributed by atoms with Crippen LogP contribution in [0.2, 0.25) is 5.02 Å². The molecule has 1 unspecified atom stereocenters. The van der Waals surface area contributed by atoms with Gasteiger partial charge in [-0.05, 0) is 32.9 Å². The molecule has 11 heteroatoms. The number of carbonyl (C=O) groups excluding carboxylic acids is 1. The lowest BCUT2D eigenvalue weighted by Gasteiger charge is -2.27. The van der Waals surface area contributed by atoms with Crippen molar-refractivity contribution in [2.75, 3.05) is 35.2 Å². The molecule has 1 aliphatic rings. The molecule has 10 nitrogen and oxygen atoms in total. The summed E-state index contributed by atoms with van der Waals surface area (Å²) in [6.45, 7) is 7.26. The number of pyridine rings is 2. The second-order valence-corrected chi connectivity index (χ2v) is 8.22. The molecule has 32 heavy (non-hydrogen) atoms. The number of aliphatic hydroxyl groups excluding tert-OH is 1. The van der Waals surface area contributed by atoms with Crippen molar-refractivity contribution in [3.8, 4) is 0 Å². The van der Waals surface area contributed by atoms with Crippen molar-refractivity contribution < 1.29 is 9.90 Å². The number of nitrogens with zero attached hydrogens (tertiary/aromatic N) is 5. The number of fused-ring (bicyclic) bond motifs is 1. The molecular formula is C21H25ClN8O2. The number of hydrogen-bond donors (Lipinski definition) is 4. The molecule has 1 aliphatic heterocycles. The molecular weight excluding hydrogens is 432 g/mol. The molecule has 0 saturated carbocycles. The number of anilines is 4. The third kappa shape index (κ3) is 4.57. The van der Waals surface area contributed by atoms with Crippen LogP contribution < -0.4 is 20.9 Å². The third-order valence-corrected chi connectivity index (χ3v) is 5.31. The summed E-state index contributed by atoms with van der Waals surface area (Å²) in [7, 11) is 0. The van der Waals surface area contributed by atoms with E-state index in [-0.39, 0.29) is 11.9 Å². The summed E-state index contributed by atoms with van der Waals surface area (Å²) >= 11 is 6.46. The van der Waals surface area contributed by atoms with Crippen molar-refractivity contribution in [1.29, 1.82) is 0 Å². The normalized spacial score (nSPS) is 15.3. The number of halogens is 1. The van der Waals surface area contributed by atoms with Crippen molar-refractivity contribution >= 4 is 51.7 Å². The smallest absolute Gasteiger partial charge is 0.241 e. The lowest BCUT2D eigenvalue weighted by molar-refractivity contribution is -0.118. The van der Waals surface area contributed by atoms with Crippen LogP contribution >= 0.6 is 11.6 Å². The van der Waals surface area contributed by atoms with Gasteiger partial charge in [-0.1, -0.05) is 11.6 Å². The Kier molecular flexibility index (Phi) is 6.35. The number of aliphatic hydroxyl groups is 1. The molecule has 0 spiro atoms. The van der Waals surface area contributed by atoms with Crippen LogP contribution in [0.3, 0.4) is 0 Å². The Morgan fingerprint density at radius 3 is 2.66 bits per heavy atom. The lowest BCUT2D eigenvalue weighted by Crippen LogP contribution is -2.48. The van der Waals surface area contributed by atoms with Crippen LogP contribution in [0.25, 0.3) is 10.9 Å². The van der Waals surface area contributed by atoms with Crippen LogP contribution in [-0.4, -0.2) is 56.6 Å². The van der Waals surface area contributed by atoms with Crippen LogP contribution in [0.1, 0.15) is 32.6 Å². The van der Waals surface area contributed by atoms with Crippen LogP contribution in [-0.2, 0) is 4.79 Å². The van der Waals surface area contributed by atoms with E-state index >= 15 is 0 Å². The second-order valence-electron chi connectivity index (χ2n) is 7.84. The third-order valence-electron chi connectivity index (χ3n) is 4.92. The average Bonchev–Trinajstić information content (AvgIpc) is 2.76. The van der Waals surface area contributed by atoms with Gasteiger partial charge in [-0.25, -0.2) is 19.9 Å². The van der Waals surface area contributed by atoms with E-state index in [1.165, 1.54) is 0 Å². The summed E-state index contributed by atoms with van der Waals surface area (Å²) in [4.78, 5) is 31.6. The first-order valence-corrected chi connectivity index (χ1v) is 10.8. The molecule has 168 valence electrons. The number of carbonyl (C=O) groups is 1. The van der Waals surface area contributed by atoms with Crippen molar-refractivity contribution in [1.82, 2.24) is 25.3 Å². The summed E-state index contributed by atoms with van der Waals surface area (Å²) in [6, 6.07) is 3.70. The second kappa shape index (κ2) is 9.19. The summed E-state index contributed by atoms with van der Waals surface area (Å²) in [5.74, 6) is 1.39. The van der Waals surface area contributed by atoms with Gasteiger partial charge in [0, 0.05) is 30.7 Å². The fourth-order valence-corrected chi connectivity index (χ4v) is 3.75. The minimum absolute atomic E-state index is 0.0164. The van der Waals surface area contributed by atoms with Gasteiger partial charge in [0.15, 0.2) is 5.82 Å². The van der Waals surface area contributed by atoms with Crippen molar-refractivity contribution in [2.45, 2.75) is 32.9 Å². The molecule has 0 aromatic carbocycles. The molecule has 0 radical (unpaired) electrons. The van der Waals surface area contributed by atoms with Crippen LogP contribution in [0.15, 0.2) is 24.5 Å². The summed E-state index contributed by atoms with van der Waals surface area (Å²) < 4.78 is 0. The van der Waals surface area contributed by atoms with E-state index in [0.717, 1.165) is 12.2 Å². The molecule has 1 amide bonds. The minimum Gasteiger partial charge on any atom is -0.387 e. The highest BCUT2D eigenvalue weighted by molar-refractivity contribution is 6.36. The first-order chi connectivity index (χ1) is 15.3. The van der Waals surface area contributed by atoms with Gasteiger partial charge in [-0.3, -0.25) is 4.79 Å². The highest BCUT2D eigenvalue weighted by atomic mass is 35.5. The van der Waals surface area contributed by atoms with Gasteiger partial charge in [0.05, 0.1) is 35.2 Å². The standard InChI is InChI=1S/C21H25ClN8O2/c1-11(2)26-20-19-14(17(22)18(28-20)12(3)31)9-25-21(29-19)27-15-5-4-13(8-24-15)30-7-6-23-10-16(30)32/h4-5,8-9,11-12,23,31H,6-7,10H2,1-3H3,(H,26,28)(H,24,25,27,29). The predicted molar refractivity (Wildman–Crippen MR) is 124 cm³/mol. The van der Waals surface area contributed by atoms with Crippen molar-refractivity contribution in [3.05, 3.63) is 35.2 Å². The molecule has 3 aromatic heterocycles. The number of aromatic nitrogens is 4. The fourth-order valence-electron chi connectivity index (χ4n) is 3.41. The number of rotatable bonds is 6. The average molecular weight is 457 g/mol. The molecule has 0 bridgehead atoms. The topological polar surface area (TPSA) is 128 Å². The quantitative estimate of drug-likeness (QED) is 0.442. The number of piperazine rings is 1. The molecule has 1 fully saturated rings. The summed E-state index contributed by atoms with van der Waals surface area (Å²) in [5.41, 5.74) is 1.64. The highest BCUT2D eigenvalue weighted by Crippen LogP contribution is 2.33. The zero-order chi connectivity index (χ0) is 22.8. The Labute approximate surface area is 190 Å². The van der Waals surface area contributed by atoms with Gasteiger partial charge >= 0.3 is 0 Å². The first kappa shape index (κ1) is 22.1. The summed E-state index contributed by atoms with van der Waals surface area (Å²) in [5, 5.41) is 20.3. The minimum atomic E-state index is -0.831. The Morgan fingerprint density at radius 2 is 2.00 bits per heavy atom. The number of hydrogen-bond acceptors (Lipinski definition) is 9. The van der Waals surface area contributed by atoms with Crippen LogP contribution in [0, 0.1) is 0 Å². The molecule has 1 saturated heterocycles. The predicted octanol–water partition coefficient (Wildman–Crippen LogP) is 2.63. The molecule has 4 rings (SSSR count). The van der Waals surface area contributed by atoms with Gasteiger partial charge in [0.1, 0.15) is 11.3 Å². The van der Waals surface area contributed by atoms with E-state index in [2.05, 4.69) is 35.9 Å². The Hall–Kier alpha value is -3.08. The SMILES string of the molecule is CC(C)Nc1nc(C(C)O)c(Cl)c2cnc(Nc3ccc(N4CCNCC4=O)cn3)nc12. The van der Waals surface area contributed by atoms with Crippen LogP contribution in [0.4, 0.5) is 23.3 Å². The molecule has 4 N–H and O–H groups in total. The highest BCUT2D eigenvalue weighted by Gasteiger charge is 2.20. The van der Waals surface area contributed by atoms with E-state index in [1.54, 1.807) is 30.3 Å². The molecule has 3 aromatic rings. The lowest BCUT2D eigenvalue weighted by atomic mass is 10.2. The maximum atomic E-state index is 12.1. The van der Waals surface area contributed by atoms with Gasteiger partial charge in [0.25, 0.3) is 0 Å². The first-order valence-electron chi connectivity index (χ1n) is 10.4. The number of nitrogens with one attached hydrogen (secondary N) is 3. The number of amides is 1. The van der Waals surface area contributed by atoms with Crippen molar-refractivity contribution in [3.63, 3.8) is 0 Å². The zero-order valence-electron chi connectivity index (χ0n) is 18.1.